The van der Waals surface area contributed by atoms with Crippen LogP contribution in [0.15, 0.2) is 42.7 Å². The van der Waals surface area contributed by atoms with Gasteiger partial charge >= 0.3 is 0 Å². The Morgan fingerprint density at radius 2 is 2.10 bits per heavy atom. The van der Waals surface area contributed by atoms with Crippen LogP contribution in [0.4, 0.5) is 4.39 Å². The molecule has 0 spiro atoms. The van der Waals surface area contributed by atoms with Gasteiger partial charge in [0.2, 0.25) is 0 Å². The van der Waals surface area contributed by atoms with Gasteiger partial charge in [-0.2, -0.15) is 0 Å². The Labute approximate surface area is 178 Å². The molecule has 9 heteroatoms. The van der Waals surface area contributed by atoms with Gasteiger partial charge in [0.1, 0.15) is 11.5 Å². The number of aromatic nitrogens is 2. The number of amides is 2. The number of hydrogen-bond donors (Lipinski definition) is 2. The van der Waals surface area contributed by atoms with Crippen molar-refractivity contribution >= 4 is 22.7 Å². The molecule has 3 aromatic rings. The summed E-state index contributed by atoms with van der Waals surface area (Å²) >= 11 is 0. The highest BCUT2D eigenvalue weighted by molar-refractivity contribution is 6.08. The molecule has 8 nitrogen and oxygen atoms in total. The maximum atomic E-state index is 13.4. The monoisotopic (exact) mass is 426 g/mol. The van der Waals surface area contributed by atoms with Gasteiger partial charge in [0.05, 0.1) is 37.0 Å². The molecule has 0 radical (unpaired) electrons. The maximum absolute atomic E-state index is 13.4. The van der Waals surface area contributed by atoms with Crippen molar-refractivity contribution in [3.63, 3.8) is 0 Å². The summed E-state index contributed by atoms with van der Waals surface area (Å²) in [5, 5.41) is 10.2. The predicted octanol–water partition coefficient (Wildman–Crippen LogP) is 2.11. The standard InChI is InChI=1S/C22H23FN4O4/c1-31-25-21(29)19-9-17-18(22(30)27-8-2-3-16(27)13-28)12-26(20(17)10-24-19)11-14-4-6-15(23)7-5-14/h4-7,9-10,12,16,28H,2-3,8,11,13H2,1H3,(H,25,29)/t16-/m1/s1. The van der Waals surface area contributed by atoms with Crippen molar-refractivity contribution in [2.45, 2.75) is 25.4 Å². The summed E-state index contributed by atoms with van der Waals surface area (Å²) in [6.07, 6.45) is 4.84. The van der Waals surface area contributed by atoms with Gasteiger partial charge in [-0.25, -0.2) is 14.9 Å². The number of rotatable bonds is 6. The highest BCUT2D eigenvalue weighted by Crippen LogP contribution is 2.27. The van der Waals surface area contributed by atoms with Gasteiger partial charge in [0.25, 0.3) is 11.8 Å². The molecule has 1 atom stereocenters. The van der Waals surface area contributed by atoms with E-state index in [1.807, 2.05) is 4.57 Å². The molecule has 2 amide bonds. The van der Waals surface area contributed by atoms with Crippen molar-refractivity contribution in [2.24, 2.45) is 0 Å². The Kier molecular flexibility index (Phi) is 5.97. The van der Waals surface area contributed by atoms with Crippen LogP contribution < -0.4 is 5.48 Å². The molecule has 0 saturated carbocycles. The van der Waals surface area contributed by atoms with Crippen LogP contribution in [0.2, 0.25) is 0 Å². The third-order valence-corrected chi connectivity index (χ3v) is 5.54. The number of nitrogens with zero attached hydrogens (tertiary/aromatic N) is 3. The Bertz CT molecular complexity index is 1110. The molecule has 0 bridgehead atoms. The van der Waals surface area contributed by atoms with E-state index in [0.717, 1.165) is 18.4 Å². The number of benzene rings is 1. The Morgan fingerprint density at radius 3 is 2.81 bits per heavy atom. The van der Waals surface area contributed by atoms with Crippen molar-refractivity contribution in [1.29, 1.82) is 0 Å². The van der Waals surface area contributed by atoms with E-state index in [2.05, 4.69) is 15.3 Å². The molecule has 2 aromatic heterocycles. The van der Waals surface area contributed by atoms with E-state index in [-0.39, 0.29) is 30.1 Å². The van der Waals surface area contributed by atoms with Gasteiger partial charge < -0.3 is 14.6 Å². The molecule has 31 heavy (non-hydrogen) atoms. The zero-order valence-corrected chi connectivity index (χ0v) is 17.0. The van der Waals surface area contributed by atoms with Crippen LogP contribution in [0.5, 0.6) is 0 Å². The summed E-state index contributed by atoms with van der Waals surface area (Å²) in [5.41, 5.74) is 4.29. The molecule has 0 aliphatic carbocycles. The van der Waals surface area contributed by atoms with E-state index in [4.69, 9.17) is 0 Å². The second-order valence-corrected chi connectivity index (χ2v) is 7.50. The van der Waals surface area contributed by atoms with Gasteiger partial charge in [-0.3, -0.25) is 14.4 Å². The lowest BCUT2D eigenvalue weighted by Gasteiger charge is -2.22. The average molecular weight is 426 g/mol. The number of aliphatic hydroxyl groups is 1. The van der Waals surface area contributed by atoms with Gasteiger partial charge in [-0.05, 0) is 36.6 Å². The molecule has 1 aliphatic rings. The first-order chi connectivity index (χ1) is 15.0. The summed E-state index contributed by atoms with van der Waals surface area (Å²) in [6.45, 7) is 0.874. The van der Waals surface area contributed by atoms with Crippen LogP contribution in [0.3, 0.4) is 0 Å². The zero-order chi connectivity index (χ0) is 22.0. The van der Waals surface area contributed by atoms with E-state index >= 15 is 0 Å². The number of fused-ring (bicyclic) bond motifs is 1. The van der Waals surface area contributed by atoms with E-state index in [1.54, 1.807) is 29.3 Å². The van der Waals surface area contributed by atoms with Gasteiger partial charge in [0, 0.05) is 24.7 Å². The lowest BCUT2D eigenvalue weighted by molar-refractivity contribution is 0.0532. The SMILES string of the molecule is CONC(=O)c1cc2c(C(=O)N3CCC[C@@H]3CO)cn(Cc3ccc(F)cc3)c2cn1. The fourth-order valence-corrected chi connectivity index (χ4v) is 3.99. The highest BCUT2D eigenvalue weighted by atomic mass is 19.1. The second-order valence-electron chi connectivity index (χ2n) is 7.50. The number of aliphatic hydroxyl groups excluding tert-OH is 1. The normalized spacial score (nSPS) is 16.1. The topological polar surface area (TPSA) is 96.7 Å². The largest absolute Gasteiger partial charge is 0.394 e. The quantitative estimate of drug-likeness (QED) is 0.589. The molecule has 1 aromatic carbocycles. The molecule has 1 saturated heterocycles. The summed E-state index contributed by atoms with van der Waals surface area (Å²) in [7, 11) is 1.33. The highest BCUT2D eigenvalue weighted by Gasteiger charge is 2.31. The summed E-state index contributed by atoms with van der Waals surface area (Å²) in [6, 6.07) is 7.46. The lowest BCUT2D eigenvalue weighted by atomic mass is 10.1. The Morgan fingerprint density at radius 1 is 1.32 bits per heavy atom. The molecular formula is C22H23FN4O4. The number of hydroxylamine groups is 1. The number of hydrogen-bond acceptors (Lipinski definition) is 5. The first kappa shape index (κ1) is 21.0. The molecule has 1 aliphatic heterocycles. The van der Waals surface area contributed by atoms with E-state index in [9.17, 15) is 19.1 Å². The number of nitrogens with one attached hydrogen (secondary N) is 1. The minimum Gasteiger partial charge on any atom is -0.394 e. The molecule has 2 N–H and O–H groups in total. The van der Waals surface area contributed by atoms with Gasteiger partial charge in [-0.1, -0.05) is 12.1 Å². The van der Waals surface area contributed by atoms with Crippen LogP contribution in [0.1, 0.15) is 39.3 Å². The molecule has 3 heterocycles. The van der Waals surface area contributed by atoms with Crippen molar-refractivity contribution in [1.82, 2.24) is 19.9 Å². The van der Waals surface area contributed by atoms with Crippen molar-refractivity contribution in [3.05, 3.63) is 65.4 Å². The van der Waals surface area contributed by atoms with Crippen LogP contribution in [-0.2, 0) is 11.4 Å². The van der Waals surface area contributed by atoms with E-state index in [1.165, 1.54) is 25.4 Å². The molecule has 0 unspecified atom stereocenters. The molecule has 162 valence electrons. The summed E-state index contributed by atoms with van der Waals surface area (Å²) < 4.78 is 15.1. The summed E-state index contributed by atoms with van der Waals surface area (Å²) in [5.74, 6) is -1.05. The van der Waals surface area contributed by atoms with Crippen LogP contribution >= 0.6 is 0 Å². The first-order valence-corrected chi connectivity index (χ1v) is 10.00. The fourth-order valence-electron chi connectivity index (χ4n) is 3.99. The number of pyridine rings is 1. The first-order valence-electron chi connectivity index (χ1n) is 10.00. The van der Waals surface area contributed by atoms with Crippen LogP contribution in [0, 0.1) is 5.82 Å². The average Bonchev–Trinajstić information content (AvgIpc) is 3.39. The molecular weight excluding hydrogens is 403 g/mol. The Hall–Kier alpha value is -3.30. The number of halogens is 1. The lowest BCUT2D eigenvalue weighted by Crippen LogP contribution is -2.37. The second kappa shape index (κ2) is 8.83. The minimum atomic E-state index is -0.525. The van der Waals surface area contributed by atoms with Crippen LogP contribution in [0.25, 0.3) is 10.9 Å². The molecule has 1 fully saturated rings. The molecule has 4 rings (SSSR count). The van der Waals surface area contributed by atoms with E-state index < -0.39 is 5.91 Å². The Balaban J connectivity index is 1.78. The predicted molar refractivity (Wildman–Crippen MR) is 111 cm³/mol. The maximum Gasteiger partial charge on any atom is 0.293 e. The third kappa shape index (κ3) is 4.14. The smallest absolute Gasteiger partial charge is 0.293 e. The minimum absolute atomic E-state index is 0.0942. The zero-order valence-electron chi connectivity index (χ0n) is 17.0. The number of carbonyl (C=O) groups excluding carboxylic acids is 2. The summed E-state index contributed by atoms with van der Waals surface area (Å²) in [4.78, 5) is 36.1. The number of likely N-dealkylation sites (tertiary alicyclic amines) is 1. The fraction of sp³-hybridized carbons (Fsp3) is 0.318. The van der Waals surface area contributed by atoms with Crippen molar-refractivity contribution in [2.75, 3.05) is 20.3 Å². The van der Waals surface area contributed by atoms with Crippen molar-refractivity contribution in [3.8, 4) is 0 Å². The van der Waals surface area contributed by atoms with Crippen molar-refractivity contribution < 1.29 is 23.9 Å². The van der Waals surface area contributed by atoms with Crippen LogP contribution in [-0.4, -0.2) is 57.7 Å². The third-order valence-electron chi connectivity index (χ3n) is 5.54. The number of carbonyl (C=O) groups is 2. The van der Waals surface area contributed by atoms with Gasteiger partial charge in [-0.15, -0.1) is 0 Å². The van der Waals surface area contributed by atoms with Gasteiger partial charge in [0.15, 0.2) is 0 Å². The van der Waals surface area contributed by atoms with E-state index in [0.29, 0.717) is 29.6 Å².